The summed E-state index contributed by atoms with van der Waals surface area (Å²) in [5.74, 6) is -0.247. The van der Waals surface area contributed by atoms with E-state index in [0.29, 0.717) is 5.56 Å². The molecule has 0 unspecified atom stereocenters. The molecule has 0 saturated carbocycles. The number of benzene rings is 1. The van der Waals surface area contributed by atoms with Gasteiger partial charge in [0, 0.05) is 18.7 Å². The van der Waals surface area contributed by atoms with Gasteiger partial charge in [-0.2, -0.15) is 0 Å². The van der Waals surface area contributed by atoms with Crippen molar-refractivity contribution in [2.75, 3.05) is 7.05 Å². The second kappa shape index (κ2) is 6.93. The summed E-state index contributed by atoms with van der Waals surface area (Å²) in [5, 5.41) is 10.8. The quantitative estimate of drug-likeness (QED) is 0.662. The van der Waals surface area contributed by atoms with Gasteiger partial charge in [-0.3, -0.25) is 14.9 Å². The highest BCUT2D eigenvalue weighted by atomic mass is 35.5. The van der Waals surface area contributed by atoms with Gasteiger partial charge in [0.15, 0.2) is 0 Å². The summed E-state index contributed by atoms with van der Waals surface area (Å²) >= 11 is 0. The van der Waals surface area contributed by atoms with Crippen LogP contribution >= 0.6 is 12.4 Å². The topological polar surface area (TPSA) is 89.5 Å². The number of amides is 1. The zero-order valence-electron chi connectivity index (χ0n) is 10.2. The van der Waals surface area contributed by atoms with E-state index in [9.17, 15) is 14.9 Å². The minimum Gasteiger partial charge on any atom is -0.340 e. The Bertz CT molecular complexity index is 437. The van der Waals surface area contributed by atoms with Crippen molar-refractivity contribution in [1.29, 1.82) is 0 Å². The molecular formula is C11H16ClN3O3. The highest BCUT2D eigenvalue weighted by molar-refractivity contribution is 5.85. The van der Waals surface area contributed by atoms with Crippen LogP contribution < -0.4 is 5.73 Å². The van der Waals surface area contributed by atoms with Crippen molar-refractivity contribution < 1.29 is 9.72 Å². The van der Waals surface area contributed by atoms with Crippen LogP contribution in [0.3, 0.4) is 0 Å². The first-order chi connectivity index (χ1) is 7.93. The predicted octanol–water partition coefficient (Wildman–Crippen LogP) is 1.32. The molecule has 6 nitrogen and oxygen atoms in total. The fraction of sp³-hybridized carbons (Fsp3) is 0.364. The standard InChI is InChI=1S/C11H15N3O3.ClH/c1-8(12)11(15)13(2)7-9-5-3-4-6-10(9)14(16)17;/h3-6,8H,7,12H2,1-2H3;1H/t8-;/m1./s1. The molecule has 0 heterocycles. The van der Waals surface area contributed by atoms with E-state index in [0.717, 1.165) is 0 Å². The van der Waals surface area contributed by atoms with E-state index in [1.165, 1.54) is 11.0 Å². The third-order valence-electron chi connectivity index (χ3n) is 2.36. The van der Waals surface area contributed by atoms with Gasteiger partial charge in [-0.15, -0.1) is 12.4 Å². The summed E-state index contributed by atoms with van der Waals surface area (Å²) in [6, 6.07) is 5.73. The molecule has 0 aliphatic carbocycles. The van der Waals surface area contributed by atoms with Crippen LogP contribution in [0.25, 0.3) is 0 Å². The number of hydrogen-bond acceptors (Lipinski definition) is 4. The molecule has 0 saturated heterocycles. The monoisotopic (exact) mass is 273 g/mol. The number of para-hydroxylation sites is 1. The molecule has 100 valence electrons. The highest BCUT2D eigenvalue weighted by Crippen LogP contribution is 2.19. The first-order valence-corrected chi connectivity index (χ1v) is 5.16. The molecule has 0 bridgehead atoms. The normalized spacial score (nSPS) is 11.3. The number of halogens is 1. The molecule has 0 fully saturated rings. The van der Waals surface area contributed by atoms with E-state index in [2.05, 4.69) is 0 Å². The van der Waals surface area contributed by atoms with Gasteiger partial charge in [0.1, 0.15) is 0 Å². The molecule has 1 aromatic carbocycles. The molecule has 7 heteroatoms. The van der Waals surface area contributed by atoms with Crippen LogP contribution in [0.1, 0.15) is 12.5 Å². The Morgan fingerprint density at radius 1 is 1.50 bits per heavy atom. The summed E-state index contributed by atoms with van der Waals surface area (Å²) in [5.41, 5.74) is 5.97. The summed E-state index contributed by atoms with van der Waals surface area (Å²) in [6.07, 6.45) is 0. The van der Waals surface area contributed by atoms with Crippen molar-refractivity contribution in [3.63, 3.8) is 0 Å². The largest absolute Gasteiger partial charge is 0.340 e. The minimum absolute atomic E-state index is 0. The molecule has 0 spiro atoms. The third kappa shape index (κ3) is 3.97. The van der Waals surface area contributed by atoms with Gasteiger partial charge in [0.2, 0.25) is 5.91 Å². The molecule has 1 amide bonds. The lowest BCUT2D eigenvalue weighted by atomic mass is 10.1. The van der Waals surface area contributed by atoms with E-state index in [-0.39, 0.29) is 30.5 Å². The molecule has 1 atom stereocenters. The predicted molar refractivity (Wildman–Crippen MR) is 70.5 cm³/mol. The number of hydrogen-bond donors (Lipinski definition) is 1. The number of nitro groups is 1. The lowest BCUT2D eigenvalue weighted by Crippen LogP contribution is -2.39. The lowest BCUT2D eigenvalue weighted by Gasteiger charge is -2.19. The first kappa shape index (κ1) is 16.3. The van der Waals surface area contributed by atoms with Crippen molar-refractivity contribution in [3.8, 4) is 0 Å². The maximum absolute atomic E-state index is 11.6. The summed E-state index contributed by atoms with van der Waals surface area (Å²) in [4.78, 5) is 23.3. The van der Waals surface area contributed by atoms with Crippen LogP contribution in [0.4, 0.5) is 5.69 Å². The zero-order chi connectivity index (χ0) is 13.0. The van der Waals surface area contributed by atoms with Gasteiger partial charge in [0.25, 0.3) is 5.69 Å². The minimum atomic E-state index is -0.609. The zero-order valence-corrected chi connectivity index (χ0v) is 11.0. The van der Waals surface area contributed by atoms with E-state index >= 15 is 0 Å². The SMILES string of the molecule is C[C@@H](N)C(=O)N(C)Cc1ccccc1[N+](=O)[O-].Cl. The first-order valence-electron chi connectivity index (χ1n) is 5.16. The molecule has 0 radical (unpaired) electrons. The number of carbonyl (C=O) groups is 1. The Labute approximate surface area is 111 Å². The van der Waals surface area contributed by atoms with Crippen molar-refractivity contribution in [3.05, 3.63) is 39.9 Å². The van der Waals surface area contributed by atoms with E-state index in [1.54, 1.807) is 32.2 Å². The summed E-state index contributed by atoms with van der Waals surface area (Å²) in [7, 11) is 1.57. The maximum atomic E-state index is 11.6. The molecule has 0 aliphatic rings. The number of nitro benzene ring substituents is 1. The van der Waals surface area contributed by atoms with Gasteiger partial charge >= 0.3 is 0 Å². The second-order valence-corrected chi connectivity index (χ2v) is 3.87. The summed E-state index contributed by atoms with van der Waals surface area (Å²) < 4.78 is 0. The average molecular weight is 274 g/mol. The van der Waals surface area contributed by atoms with Crippen molar-refractivity contribution in [2.45, 2.75) is 19.5 Å². The number of carbonyl (C=O) groups excluding carboxylic acids is 1. The van der Waals surface area contributed by atoms with E-state index in [1.807, 2.05) is 0 Å². The van der Waals surface area contributed by atoms with E-state index in [4.69, 9.17) is 5.73 Å². The van der Waals surface area contributed by atoms with Gasteiger partial charge in [-0.1, -0.05) is 18.2 Å². The fourth-order valence-corrected chi connectivity index (χ4v) is 1.50. The number of nitrogens with zero attached hydrogens (tertiary/aromatic N) is 2. The fourth-order valence-electron chi connectivity index (χ4n) is 1.50. The molecule has 0 aliphatic heterocycles. The lowest BCUT2D eigenvalue weighted by molar-refractivity contribution is -0.385. The van der Waals surface area contributed by atoms with Crippen LogP contribution in [-0.4, -0.2) is 28.8 Å². The number of likely N-dealkylation sites (N-methyl/N-ethyl adjacent to an activating group) is 1. The van der Waals surface area contributed by atoms with Gasteiger partial charge in [0.05, 0.1) is 17.5 Å². The number of nitrogens with two attached hydrogens (primary N) is 1. The van der Waals surface area contributed by atoms with Crippen molar-refractivity contribution in [2.24, 2.45) is 5.73 Å². The molecule has 0 aromatic heterocycles. The maximum Gasteiger partial charge on any atom is 0.274 e. The molecule has 18 heavy (non-hydrogen) atoms. The molecule has 1 rings (SSSR count). The molecule has 1 aromatic rings. The Morgan fingerprint density at radius 3 is 2.56 bits per heavy atom. The Morgan fingerprint density at radius 2 is 2.06 bits per heavy atom. The molecular weight excluding hydrogens is 258 g/mol. The van der Waals surface area contributed by atoms with Gasteiger partial charge < -0.3 is 10.6 Å². The van der Waals surface area contributed by atoms with Crippen LogP contribution in [-0.2, 0) is 11.3 Å². The second-order valence-electron chi connectivity index (χ2n) is 3.87. The highest BCUT2D eigenvalue weighted by Gasteiger charge is 2.18. The van der Waals surface area contributed by atoms with Crippen LogP contribution in [0.15, 0.2) is 24.3 Å². The van der Waals surface area contributed by atoms with Crippen molar-refractivity contribution in [1.82, 2.24) is 4.90 Å². The number of rotatable bonds is 4. The van der Waals surface area contributed by atoms with Crippen LogP contribution in [0, 0.1) is 10.1 Å². The molecule has 2 N–H and O–H groups in total. The average Bonchev–Trinajstić information content (AvgIpc) is 2.28. The van der Waals surface area contributed by atoms with Gasteiger partial charge in [-0.05, 0) is 6.92 Å². The Kier molecular flexibility index (Phi) is 6.29. The Hall–Kier alpha value is -1.66. The van der Waals surface area contributed by atoms with Gasteiger partial charge in [-0.25, -0.2) is 0 Å². The van der Waals surface area contributed by atoms with Crippen LogP contribution in [0.2, 0.25) is 0 Å². The van der Waals surface area contributed by atoms with Crippen molar-refractivity contribution >= 4 is 24.0 Å². The third-order valence-corrected chi connectivity index (χ3v) is 2.36. The van der Waals surface area contributed by atoms with Crippen LogP contribution in [0.5, 0.6) is 0 Å². The summed E-state index contributed by atoms with van der Waals surface area (Å²) in [6.45, 7) is 1.76. The van der Waals surface area contributed by atoms with E-state index < -0.39 is 11.0 Å². The smallest absolute Gasteiger partial charge is 0.274 e. The Balaban J connectivity index is 0.00000289.